The number of pyridine rings is 1. The van der Waals surface area contributed by atoms with Crippen LogP contribution in [-0.4, -0.2) is 49.3 Å². The number of nitrogens with zero attached hydrogens (tertiary/aromatic N) is 6. The van der Waals surface area contributed by atoms with E-state index in [2.05, 4.69) is 25.4 Å². The van der Waals surface area contributed by atoms with Crippen molar-refractivity contribution in [3.05, 3.63) is 59.5 Å². The van der Waals surface area contributed by atoms with E-state index in [1.165, 1.54) is 10.7 Å². The van der Waals surface area contributed by atoms with Gasteiger partial charge in [0.25, 0.3) is 0 Å². The van der Waals surface area contributed by atoms with Gasteiger partial charge in [0, 0.05) is 24.7 Å². The van der Waals surface area contributed by atoms with Crippen LogP contribution in [0.2, 0.25) is 0 Å². The molecular weight excluding hydrogens is 530 g/mol. The molecular formula is C27H23F4N7O2. The van der Waals surface area contributed by atoms with E-state index < -0.39 is 41.7 Å². The van der Waals surface area contributed by atoms with Gasteiger partial charge in [0.2, 0.25) is 11.8 Å². The number of piperidine rings is 1. The summed E-state index contributed by atoms with van der Waals surface area (Å²) < 4.78 is 57.0. The number of rotatable bonds is 4. The van der Waals surface area contributed by atoms with E-state index in [0.29, 0.717) is 16.6 Å². The fourth-order valence-corrected chi connectivity index (χ4v) is 5.18. The highest BCUT2D eigenvalue weighted by Crippen LogP contribution is 2.45. The summed E-state index contributed by atoms with van der Waals surface area (Å²) in [6, 6.07) is 9.61. The van der Waals surface area contributed by atoms with E-state index in [-0.39, 0.29) is 48.1 Å². The van der Waals surface area contributed by atoms with Gasteiger partial charge in [-0.2, -0.15) is 18.3 Å². The van der Waals surface area contributed by atoms with Gasteiger partial charge >= 0.3 is 6.18 Å². The van der Waals surface area contributed by atoms with Crippen LogP contribution in [0.5, 0.6) is 0 Å². The molecule has 2 amide bonds. The summed E-state index contributed by atoms with van der Waals surface area (Å²) in [4.78, 5) is 40.3. The zero-order valence-electron chi connectivity index (χ0n) is 21.5. The predicted molar refractivity (Wildman–Crippen MR) is 137 cm³/mol. The molecule has 4 aromatic rings. The first-order valence-corrected chi connectivity index (χ1v) is 12.6. The number of hydrogen-bond acceptors (Lipinski definition) is 6. The SMILES string of the molecule is CC1(C)C(=O)Nc2nc(-c3nn(Cc4ccccc4F)c4ncccc34)nc(N3CC(C(F)(F)F)CCC3=O)c21. The van der Waals surface area contributed by atoms with Gasteiger partial charge in [0.1, 0.15) is 23.1 Å². The molecule has 1 atom stereocenters. The Bertz CT molecular complexity index is 1680. The molecule has 9 nitrogen and oxygen atoms in total. The lowest BCUT2D eigenvalue weighted by Gasteiger charge is -2.34. The Balaban J connectivity index is 1.53. The highest BCUT2D eigenvalue weighted by molar-refractivity contribution is 6.08. The summed E-state index contributed by atoms with van der Waals surface area (Å²) in [6.07, 6.45) is -3.59. The lowest BCUT2D eigenvalue weighted by Crippen LogP contribution is -2.46. The summed E-state index contributed by atoms with van der Waals surface area (Å²) in [5, 5.41) is 7.79. The van der Waals surface area contributed by atoms with Crippen molar-refractivity contribution in [3.63, 3.8) is 0 Å². The van der Waals surface area contributed by atoms with E-state index in [0.717, 1.165) is 4.90 Å². The highest BCUT2D eigenvalue weighted by atomic mass is 19.4. The third kappa shape index (κ3) is 4.16. The largest absolute Gasteiger partial charge is 0.393 e. The fraction of sp³-hybridized carbons (Fsp3) is 0.333. The normalized spacial score (nSPS) is 18.8. The molecule has 0 spiro atoms. The standard InChI is InChI=1S/C27H23F4N7O2/c1-26(2)19-21(35-25(26)40)33-22(34-24(19)37-13-15(27(29,30)31)9-10-18(37)39)20-16-7-5-11-32-23(16)38(36-20)12-14-6-3-4-8-17(14)28/h3-8,11,15H,9-10,12-13H2,1-2H3,(H,33,34,35,40). The number of fused-ring (bicyclic) bond motifs is 2. The molecule has 206 valence electrons. The molecule has 0 radical (unpaired) electrons. The zero-order chi connectivity index (χ0) is 28.4. The molecule has 1 unspecified atom stereocenters. The third-order valence-electron chi connectivity index (χ3n) is 7.44. The number of benzene rings is 1. The van der Waals surface area contributed by atoms with Gasteiger partial charge in [-0.1, -0.05) is 18.2 Å². The monoisotopic (exact) mass is 553 g/mol. The van der Waals surface area contributed by atoms with Gasteiger partial charge in [-0.05, 0) is 38.5 Å². The Hall–Kier alpha value is -4.42. The minimum absolute atomic E-state index is 0.0148. The quantitative estimate of drug-likeness (QED) is 0.370. The van der Waals surface area contributed by atoms with Gasteiger partial charge in [-0.3, -0.25) is 14.5 Å². The number of halogens is 4. The molecule has 0 bridgehead atoms. The lowest BCUT2D eigenvalue weighted by molar-refractivity contribution is -0.177. The molecule has 1 N–H and O–H groups in total. The molecule has 40 heavy (non-hydrogen) atoms. The van der Waals surface area contributed by atoms with Crippen molar-refractivity contribution >= 4 is 34.5 Å². The molecule has 5 heterocycles. The maximum atomic E-state index is 14.4. The molecule has 0 saturated carbocycles. The minimum atomic E-state index is -4.51. The zero-order valence-corrected chi connectivity index (χ0v) is 21.5. The number of anilines is 2. The Morgan fingerprint density at radius 1 is 1.10 bits per heavy atom. The number of alkyl halides is 3. The number of aromatic nitrogens is 5. The van der Waals surface area contributed by atoms with Gasteiger partial charge in [-0.25, -0.2) is 24.0 Å². The molecule has 1 aromatic carbocycles. The van der Waals surface area contributed by atoms with Crippen LogP contribution in [0.25, 0.3) is 22.6 Å². The van der Waals surface area contributed by atoms with E-state index in [1.54, 1.807) is 50.4 Å². The summed E-state index contributed by atoms with van der Waals surface area (Å²) in [7, 11) is 0. The Kier molecular flexibility index (Phi) is 5.86. The smallest absolute Gasteiger partial charge is 0.309 e. The van der Waals surface area contributed by atoms with Gasteiger partial charge in [0.15, 0.2) is 11.5 Å². The van der Waals surface area contributed by atoms with Crippen molar-refractivity contribution in [1.82, 2.24) is 24.7 Å². The van der Waals surface area contributed by atoms with Crippen molar-refractivity contribution in [2.45, 2.75) is 44.8 Å². The van der Waals surface area contributed by atoms with Crippen LogP contribution in [0.3, 0.4) is 0 Å². The fourth-order valence-electron chi connectivity index (χ4n) is 5.18. The third-order valence-corrected chi connectivity index (χ3v) is 7.44. The molecule has 6 rings (SSSR count). The predicted octanol–water partition coefficient (Wildman–Crippen LogP) is 4.61. The van der Waals surface area contributed by atoms with Crippen molar-refractivity contribution in [3.8, 4) is 11.5 Å². The first-order chi connectivity index (χ1) is 18.9. The van der Waals surface area contributed by atoms with Gasteiger partial charge in [0.05, 0.1) is 28.8 Å². The van der Waals surface area contributed by atoms with Crippen LogP contribution in [0, 0.1) is 11.7 Å². The van der Waals surface area contributed by atoms with E-state index in [1.807, 2.05) is 0 Å². The molecule has 2 aliphatic rings. The van der Waals surface area contributed by atoms with Gasteiger partial charge < -0.3 is 5.32 Å². The first-order valence-electron chi connectivity index (χ1n) is 12.6. The van der Waals surface area contributed by atoms with Crippen LogP contribution in [0.15, 0.2) is 42.6 Å². The number of hydrogen-bond donors (Lipinski definition) is 1. The summed E-state index contributed by atoms with van der Waals surface area (Å²) in [5.74, 6) is -3.10. The first kappa shape index (κ1) is 25.8. The van der Waals surface area contributed by atoms with Crippen molar-refractivity contribution in [2.24, 2.45) is 5.92 Å². The van der Waals surface area contributed by atoms with E-state index >= 15 is 0 Å². The molecule has 2 aliphatic heterocycles. The average Bonchev–Trinajstić information content (AvgIpc) is 3.38. The van der Waals surface area contributed by atoms with Crippen molar-refractivity contribution in [2.75, 3.05) is 16.8 Å². The summed E-state index contributed by atoms with van der Waals surface area (Å²) in [6.45, 7) is 2.61. The number of carbonyl (C=O) groups is 2. The molecule has 3 aromatic heterocycles. The van der Waals surface area contributed by atoms with Gasteiger partial charge in [-0.15, -0.1) is 0 Å². The maximum absolute atomic E-state index is 14.4. The topological polar surface area (TPSA) is 106 Å². The average molecular weight is 554 g/mol. The maximum Gasteiger partial charge on any atom is 0.393 e. The summed E-state index contributed by atoms with van der Waals surface area (Å²) in [5.41, 5.74) is 0.0281. The van der Waals surface area contributed by atoms with Crippen LogP contribution < -0.4 is 10.2 Å². The number of amides is 2. The molecule has 13 heteroatoms. The van der Waals surface area contributed by atoms with E-state index in [4.69, 9.17) is 0 Å². The Morgan fingerprint density at radius 3 is 2.62 bits per heavy atom. The molecule has 1 fully saturated rings. The second kappa shape index (κ2) is 9.07. The Labute approximate surface area is 225 Å². The molecule has 0 aliphatic carbocycles. The highest BCUT2D eigenvalue weighted by Gasteiger charge is 2.48. The second-order valence-corrected chi connectivity index (χ2v) is 10.4. The number of nitrogens with one attached hydrogen (secondary N) is 1. The van der Waals surface area contributed by atoms with Crippen LogP contribution >= 0.6 is 0 Å². The lowest BCUT2D eigenvalue weighted by atomic mass is 9.86. The van der Waals surface area contributed by atoms with Crippen molar-refractivity contribution < 1.29 is 27.2 Å². The van der Waals surface area contributed by atoms with Crippen LogP contribution in [0.4, 0.5) is 29.2 Å². The molecule has 1 saturated heterocycles. The van der Waals surface area contributed by atoms with Crippen LogP contribution in [0.1, 0.15) is 37.8 Å². The second-order valence-electron chi connectivity index (χ2n) is 10.4. The van der Waals surface area contributed by atoms with Crippen LogP contribution in [-0.2, 0) is 21.5 Å². The number of carbonyl (C=O) groups excluding carboxylic acids is 2. The Morgan fingerprint density at radius 2 is 1.88 bits per heavy atom. The van der Waals surface area contributed by atoms with Crippen molar-refractivity contribution in [1.29, 1.82) is 0 Å². The van der Waals surface area contributed by atoms with E-state index in [9.17, 15) is 27.2 Å². The minimum Gasteiger partial charge on any atom is -0.309 e. The summed E-state index contributed by atoms with van der Waals surface area (Å²) >= 11 is 0.